The monoisotopic (exact) mass is 310 g/mol. The molecule has 0 radical (unpaired) electrons. The second kappa shape index (κ2) is 7.38. The number of sulfonamides is 1. The highest BCUT2D eigenvalue weighted by Gasteiger charge is 2.20. The molecule has 1 unspecified atom stereocenters. The van der Waals surface area contributed by atoms with E-state index in [0.29, 0.717) is 10.9 Å². The first-order valence-corrected chi connectivity index (χ1v) is 9.34. The van der Waals surface area contributed by atoms with Gasteiger partial charge in [-0.3, -0.25) is 0 Å². The number of benzene rings is 1. The third-order valence-corrected chi connectivity index (χ3v) is 5.36. The number of rotatable bonds is 9. The minimum Gasteiger partial charge on any atom is -0.310 e. The minimum absolute atomic E-state index is 0.0221. The van der Waals surface area contributed by atoms with Gasteiger partial charge in [-0.05, 0) is 43.9 Å². The van der Waals surface area contributed by atoms with Gasteiger partial charge in [0.05, 0.1) is 4.90 Å². The molecule has 0 bridgehead atoms. The quantitative estimate of drug-likeness (QED) is 0.737. The summed E-state index contributed by atoms with van der Waals surface area (Å²) in [6.07, 6.45) is 5.50. The molecule has 1 aliphatic carbocycles. The maximum Gasteiger partial charge on any atom is 0.240 e. The van der Waals surface area contributed by atoms with Gasteiger partial charge in [-0.25, -0.2) is 13.1 Å². The summed E-state index contributed by atoms with van der Waals surface area (Å²) in [7, 11) is -3.40. The summed E-state index contributed by atoms with van der Waals surface area (Å²) in [6, 6.07) is 7.81. The highest BCUT2D eigenvalue weighted by molar-refractivity contribution is 7.89. The lowest BCUT2D eigenvalue weighted by Crippen LogP contribution is -2.32. The van der Waals surface area contributed by atoms with Crippen molar-refractivity contribution in [3.63, 3.8) is 0 Å². The van der Waals surface area contributed by atoms with E-state index in [9.17, 15) is 8.42 Å². The molecule has 5 heteroatoms. The fraction of sp³-hybridized carbons (Fsp3) is 0.625. The lowest BCUT2D eigenvalue weighted by atomic mass is 10.2. The van der Waals surface area contributed by atoms with E-state index in [0.717, 1.165) is 31.4 Å². The van der Waals surface area contributed by atoms with Crippen molar-refractivity contribution in [3.05, 3.63) is 29.8 Å². The summed E-state index contributed by atoms with van der Waals surface area (Å²) in [5, 5.41) is 3.42. The van der Waals surface area contributed by atoms with E-state index in [1.54, 1.807) is 12.1 Å². The van der Waals surface area contributed by atoms with E-state index in [4.69, 9.17) is 0 Å². The third kappa shape index (κ3) is 5.41. The van der Waals surface area contributed by atoms with Gasteiger partial charge in [-0.1, -0.05) is 31.9 Å². The second-order valence-corrected chi connectivity index (χ2v) is 7.68. The van der Waals surface area contributed by atoms with Crippen LogP contribution in [0.4, 0.5) is 0 Å². The predicted octanol–water partition coefficient (Wildman–Crippen LogP) is 2.80. The average Bonchev–Trinajstić information content (AvgIpc) is 3.27. The Balaban J connectivity index is 1.92. The standard InChI is InChI=1S/C16H26N2O2S/c1-3-4-5-13(2)18-21(19,20)16-10-6-14(7-11-16)12-17-15-8-9-15/h6-7,10-11,13,15,17-18H,3-5,8-9,12H2,1-2H3. The van der Waals surface area contributed by atoms with Crippen LogP contribution in [0, 0.1) is 0 Å². The molecule has 0 aliphatic heterocycles. The molecule has 0 spiro atoms. The fourth-order valence-corrected chi connectivity index (χ4v) is 3.52. The predicted molar refractivity (Wildman–Crippen MR) is 85.6 cm³/mol. The SMILES string of the molecule is CCCCC(C)NS(=O)(=O)c1ccc(CNC2CC2)cc1. The molecule has 0 heterocycles. The zero-order valence-corrected chi connectivity index (χ0v) is 13.7. The van der Waals surface area contributed by atoms with Crippen LogP contribution in [0.5, 0.6) is 0 Å². The molecule has 1 atom stereocenters. The van der Waals surface area contributed by atoms with Crippen molar-refractivity contribution in [2.75, 3.05) is 0 Å². The van der Waals surface area contributed by atoms with Crippen molar-refractivity contribution in [2.24, 2.45) is 0 Å². The fourth-order valence-electron chi connectivity index (χ4n) is 2.24. The first-order valence-electron chi connectivity index (χ1n) is 7.86. The number of hydrogen-bond donors (Lipinski definition) is 2. The average molecular weight is 310 g/mol. The van der Waals surface area contributed by atoms with E-state index >= 15 is 0 Å². The van der Waals surface area contributed by atoms with Crippen molar-refractivity contribution in [3.8, 4) is 0 Å². The normalized spacial score (nSPS) is 16.9. The largest absolute Gasteiger partial charge is 0.310 e. The molecule has 4 nitrogen and oxygen atoms in total. The first kappa shape index (κ1) is 16.5. The zero-order valence-electron chi connectivity index (χ0n) is 12.9. The van der Waals surface area contributed by atoms with Crippen LogP contribution in [-0.2, 0) is 16.6 Å². The molecule has 2 N–H and O–H groups in total. The molecule has 1 saturated carbocycles. The van der Waals surface area contributed by atoms with Gasteiger partial charge in [0.15, 0.2) is 0 Å². The molecule has 0 saturated heterocycles. The highest BCUT2D eigenvalue weighted by atomic mass is 32.2. The van der Waals surface area contributed by atoms with Crippen molar-refractivity contribution >= 4 is 10.0 Å². The van der Waals surface area contributed by atoms with E-state index in [-0.39, 0.29) is 6.04 Å². The number of unbranched alkanes of at least 4 members (excludes halogenated alkanes) is 1. The Morgan fingerprint density at radius 2 is 1.90 bits per heavy atom. The van der Waals surface area contributed by atoms with Crippen molar-refractivity contribution in [2.45, 2.75) is 69.5 Å². The molecular weight excluding hydrogens is 284 g/mol. The first-order chi connectivity index (χ1) is 10.0. The molecule has 1 aromatic carbocycles. The topological polar surface area (TPSA) is 58.2 Å². The minimum atomic E-state index is -3.40. The van der Waals surface area contributed by atoms with E-state index in [1.807, 2.05) is 19.1 Å². The van der Waals surface area contributed by atoms with Crippen LogP contribution in [0.15, 0.2) is 29.2 Å². The molecule has 1 aromatic rings. The Morgan fingerprint density at radius 1 is 1.24 bits per heavy atom. The summed E-state index contributed by atoms with van der Waals surface area (Å²) in [5.74, 6) is 0. The maximum atomic E-state index is 12.3. The van der Waals surface area contributed by atoms with Gasteiger partial charge in [0.25, 0.3) is 0 Å². The van der Waals surface area contributed by atoms with Gasteiger partial charge < -0.3 is 5.32 Å². The van der Waals surface area contributed by atoms with Gasteiger partial charge >= 0.3 is 0 Å². The van der Waals surface area contributed by atoms with Gasteiger partial charge in [-0.2, -0.15) is 0 Å². The maximum absolute atomic E-state index is 12.3. The van der Waals surface area contributed by atoms with Crippen LogP contribution in [-0.4, -0.2) is 20.5 Å². The Bertz CT molecular complexity index is 536. The summed E-state index contributed by atoms with van der Waals surface area (Å²) in [4.78, 5) is 0.348. The molecule has 21 heavy (non-hydrogen) atoms. The molecule has 0 aromatic heterocycles. The van der Waals surface area contributed by atoms with Crippen LogP contribution < -0.4 is 10.0 Å². The van der Waals surface area contributed by atoms with Crippen molar-refractivity contribution < 1.29 is 8.42 Å². The second-order valence-electron chi connectivity index (χ2n) is 5.96. The van der Waals surface area contributed by atoms with Gasteiger partial charge in [0.1, 0.15) is 0 Å². The number of nitrogens with one attached hydrogen (secondary N) is 2. The van der Waals surface area contributed by atoms with Gasteiger partial charge in [0, 0.05) is 18.6 Å². The van der Waals surface area contributed by atoms with Crippen LogP contribution in [0.1, 0.15) is 51.5 Å². The lowest BCUT2D eigenvalue weighted by molar-refractivity contribution is 0.534. The third-order valence-electron chi connectivity index (χ3n) is 3.75. The van der Waals surface area contributed by atoms with Gasteiger partial charge in [-0.15, -0.1) is 0 Å². The summed E-state index contributed by atoms with van der Waals surface area (Å²) >= 11 is 0. The molecular formula is C16H26N2O2S. The molecule has 0 amide bonds. The Kier molecular flexibility index (Phi) is 5.79. The Labute approximate surface area is 128 Å². The van der Waals surface area contributed by atoms with Crippen LogP contribution in [0.25, 0.3) is 0 Å². The Hall–Kier alpha value is -0.910. The highest BCUT2D eigenvalue weighted by Crippen LogP contribution is 2.19. The van der Waals surface area contributed by atoms with Crippen molar-refractivity contribution in [1.29, 1.82) is 0 Å². The van der Waals surface area contributed by atoms with Crippen LogP contribution in [0.3, 0.4) is 0 Å². The van der Waals surface area contributed by atoms with Crippen LogP contribution in [0.2, 0.25) is 0 Å². The lowest BCUT2D eigenvalue weighted by Gasteiger charge is -2.14. The molecule has 118 valence electrons. The molecule has 1 aliphatic rings. The molecule has 2 rings (SSSR count). The van der Waals surface area contributed by atoms with Crippen LogP contribution >= 0.6 is 0 Å². The number of hydrogen-bond acceptors (Lipinski definition) is 3. The van der Waals surface area contributed by atoms with Crippen molar-refractivity contribution in [1.82, 2.24) is 10.0 Å². The summed E-state index contributed by atoms with van der Waals surface area (Å²) in [5.41, 5.74) is 1.12. The zero-order chi connectivity index (χ0) is 15.3. The smallest absolute Gasteiger partial charge is 0.240 e. The summed E-state index contributed by atoms with van der Waals surface area (Å²) < 4.78 is 27.3. The molecule has 1 fully saturated rings. The van der Waals surface area contributed by atoms with E-state index < -0.39 is 10.0 Å². The Morgan fingerprint density at radius 3 is 2.48 bits per heavy atom. The van der Waals surface area contributed by atoms with E-state index in [2.05, 4.69) is 17.0 Å². The van der Waals surface area contributed by atoms with E-state index in [1.165, 1.54) is 12.8 Å². The summed E-state index contributed by atoms with van der Waals surface area (Å²) in [6.45, 7) is 4.84. The van der Waals surface area contributed by atoms with Gasteiger partial charge in [0.2, 0.25) is 10.0 Å².